The molecular weight excluding hydrogens is 98.1 g/mol. The molecule has 0 atom stereocenters. The standard InChI is InChI=1S/C7H13N/c1-6-3-7(2,4-6)5-8/h1,3-5,8H2,2H3. The van der Waals surface area contributed by atoms with Crippen molar-refractivity contribution in [1.29, 1.82) is 0 Å². The van der Waals surface area contributed by atoms with Crippen LogP contribution in [0.3, 0.4) is 0 Å². The van der Waals surface area contributed by atoms with Gasteiger partial charge in [-0.15, -0.1) is 0 Å². The average Bonchev–Trinajstić information content (AvgIpc) is 1.63. The van der Waals surface area contributed by atoms with E-state index in [1.807, 2.05) is 0 Å². The summed E-state index contributed by atoms with van der Waals surface area (Å²) >= 11 is 0. The van der Waals surface area contributed by atoms with Gasteiger partial charge in [0, 0.05) is 0 Å². The zero-order valence-electron chi connectivity index (χ0n) is 5.41. The lowest BCUT2D eigenvalue weighted by Gasteiger charge is -2.39. The minimum atomic E-state index is 0.414. The van der Waals surface area contributed by atoms with E-state index in [4.69, 9.17) is 5.73 Å². The summed E-state index contributed by atoms with van der Waals surface area (Å²) in [4.78, 5) is 0. The molecule has 1 rings (SSSR count). The fourth-order valence-corrected chi connectivity index (χ4v) is 1.30. The van der Waals surface area contributed by atoms with Crippen LogP contribution >= 0.6 is 0 Å². The zero-order chi connectivity index (χ0) is 6.20. The largest absolute Gasteiger partial charge is 0.330 e. The van der Waals surface area contributed by atoms with Gasteiger partial charge in [-0.3, -0.25) is 0 Å². The Labute approximate surface area is 50.6 Å². The van der Waals surface area contributed by atoms with E-state index in [2.05, 4.69) is 13.5 Å². The molecular formula is C7H13N. The third-order valence-corrected chi connectivity index (χ3v) is 1.85. The minimum Gasteiger partial charge on any atom is -0.330 e. The fourth-order valence-electron chi connectivity index (χ4n) is 1.30. The highest BCUT2D eigenvalue weighted by molar-refractivity contribution is 5.13. The van der Waals surface area contributed by atoms with Crippen LogP contribution in [0.5, 0.6) is 0 Å². The van der Waals surface area contributed by atoms with Gasteiger partial charge in [0.2, 0.25) is 0 Å². The lowest BCUT2D eigenvalue weighted by molar-refractivity contribution is 0.251. The molecule has 0 aromatic heterocycles. The predicted molar refractivity (Wildman–Crippen MR) is 35.5 cm³/mol. The van der Waals surface area contributed by atoms with Gasteiger partial charge in [0.15, 0.2) is 0 Å². The zero-order valence-corrected chi connectivity index (χ0v) is 5.41. The molecule has 0 amide bonds. The van der Waals surface area contributed by atoms with Crippen LogP contribution in [0, 0.1) is 5.41 Å². The molecule has 1 aliphatic carbocycles. The molecule has 0 aliphatic heterocycles. The maximum absolute atomic E-state index is 5.49. The van der Waals surface area contributed by atoms with Gasteiger partial charge in [-0.25, -0.2) is 0 Å². The maximum Gasteiger partial charge on any atom is -0.00170 e. The molecule has 46 valence electrons. The topological polar surface area (TPSA) is 26.0 Å². The summed E-state index contributed by atoms with van der Waals surface area (Å²) in [6.07, 6.45) is 2.28. The molecule has 0 bridgehead atoms. The molecule has 0 radical (unpaired) electrons. The fraction of sp³-hybridized carbons (Fsp3) is 0.714. The van der Waals surface area contributed by atoms with Crippen molar-refractivity contribution >= 4 is 0 Å². The summed E-state index contributed by atoms with van der Waals surface area (Å²) in [5.74, 6) is 0. The van der Waals surface area contributed by atoms with Crippen LogP contribution < -0.4 is 5.73 Å². The third-order valence-electron chi connectivity index (χ3n) is 1.85. The van der Waals surface area contributed by atoms with Crippen LogP contribution in [0.4, 0.5) is 0 Å². The Bertz CT molecular complexity index is 108. The quantitative estimate of drug-likeness (QED) is 0.507. The Morgan fingerprint density at radius 2 is 2.25 bits per heavy atom. The molecule has 1 aliphatic rings. The van der Waals surface area contributed by atoms with Crippen molar-refractivity contribution < 1.29 is 0 Å². The summed E-state index contributed by atoms with van der Waals surface area (Å²) in [6, 6.07) is 0. The van der Waals surface area contributed by atoms with E-state index >= 15 is 0 Å². The van der Waals surface area contributed by atoms with Crippen LogP contribution in [0.15, 0.2) is 12.2 Å². The molecule has 8 heavy (non-hydrogen) atoms. The predicted octanol–water partition coefficient (Wildman–Crippen LogP) is 1.30. The maximum atomic E-state index is 5.49. The summed E-state index contributed by atoms with van der Waals surface area (Å²) in [5, 5.41) is 0. The Morgan fingerprint density at radius 3 is 2.38 bits per heavy atom. The van der Waals surface area contributed by atoms with E-state index in [1.54, 1.807) is 0 Å². The Kier molecular flexibility index (Phi) is 1.16. The molecule has 2 N–H and O–H groups in total. The number of hydrogen-bond donors (Lipinski definition) is 1. The summed E-state index contributed by atoms with van der Waals surface area (Å²) in [5.41, 5.74) is 7.26. The molecule has 1 nitrogen and oxygen atoms in total. The Morgan fingerprint density at radius 1 is 1.75 bits per heavy atom. The first-order chi connectivity index (χ1) is 3.66. The van der Waals surface area contributed by atoms with Gasteiger partial charge in [0.1, 0.15) is 0 Å². The van der Waals surface area contributed by atoms with Crippen molar-refractivity contribution in [1.82, 2.24) is 0 Å². The summed E-state index contributed by atoms with van der Waals surface area (Å²) in [6.45, 7) is 6.87. The molecule has 0 unspecified atom stereocenters. The second kappa shape index (κ2) is 1.59. The SMILES string of the molecule is C=C1CC(C)(CN)C1. The molecule has 1 saturated carbocycles. The second-order valence-corrected chi connectivity index (χ2v) is 3.12. The molecule has 0 aromatic carbocycles. The molecule has 0 aromatic rings. The molecule has 0 heterocycles. The van der Waals surface area contributed by atoms with E-state index in [0.29, 0.717) is 5.41 Å². The van der Waals surface area contributed by atoms with Gasteiger partial charge < -0.3 is 5.73 Å². The molecule has 1 fully saturated rings. The van der Waals surface area contributed by atoms with E-state index in [-0.39, 0.29) is 0 Å². The third kappa shape index (κ3) is 0.781. The summed E-state index contributed by atoms with van der Waals surface area (Å²) < 4.78 is 0. The molecule has 0 saturated heterocycles. The van der Waals surface area contributed by atoms with Crippen LogP contribution in [0.25, 0.3) is 0 Å². The Hall–Kier alpha value is -0.300. The van der Waals surface area contributed by atoms with Crippen molar-refractivity contribution in [3.63, 3.8) is 0 Å². The second-order valence-electron chi connectivity index (χ2n) is 3.12. The van der Waals surface area contributed by atoms with Crippen LogP contribution in [0.1, 0.15) is 19.8 Å². The van der Waals surface area contributed by atoms with Crippen molar-refractivity contribution in [2.45, 2.75) is 19.8 Å². The highest BCUT2D eigenvalue weighted by atomic mass is 14.6. The van der Waals surface area contributed by atoms with Gasteiger partial charge in [0.05, 0.1) is 0 Å². The smallest absolute Gasteiger partial charge is 0.00170 e. The lowest BCUT2D eigenvalue weighted by Crippen LogP contribution is -2.35. The molecule has 0 spiro atoms. The lowest BCUT2D eigenvalue weighted by atomic mass is 9.68. The Balaban J connectivity index is 2.40. The monoisotopic (exact) mass is 111 g/mol. The van der Waals surface area contributed by atoms with Crippen molar-refractivity contribution in [3.05, 3.63) is 12.2 Å². The minimum absolute atomic E-state index is 0.414. The van der Waals surface area contributed by atoms with Gasteiger partial charge in [-0.1, -0.05) is 19.1 Å². The number of allylic oxidation sites excluding steroid dienone is 1. The van der Waals surface area contributed by atoms with E-state index in [0.717, 1.165) is 19.4 Å². The van der Waals surface area contributed by atoms with Crippen molar-refractivity contribution in [2.24, 2.45) is 11.1 Å². The highest BCUT2D eigenvalue weighted by Gasteiger charge is 2.32. The molecule has 1 heteroatoms. The highest BCUT2D eigenvalue weighted by Crippen LogP contribution is 2.42. The van der Waals surface area contributed by atoms with Crippen LogP contribution in [-0.2, 0) is 0 Å². The van der Waals surface area contributed by atoms with Gasteiger partial charge >= 0.3 is 0 Å². The van der Waals surface area contributed by atoms with Crippen molar-refractivity contribution in [3.8, 4) is 0 Å². The van der Waals surface area contributed by atoms with Gasteiger partial charge in [-0.2, -0.15) is 0 Å². The first kappa shape index (κ1) is 5.83. The van der Waals surface area contributed by atoms with Crippen LogP contribution in [-0.4, -0.2) is 6.54 Å². The van der Waals surface area contributed by atoms with Gasteiger partial charge in [0.25, 0.3) is 0 Å². The number of nitrogens with two attached hydrogens (primary N) is 1. The van der Waals surface area contributed by atoms with E-state index < -0.39 is 0 Å². The van der Waals surface area contributed by atoms with Gasteiger partial charge in [-0.05, 0) is 24.8 Å². The van der Waals surface area contributed by atoms with E-state index in [1.165, 1.54) is 5.57 Å². The average molecular weight is 111 g/mol. The number of hydrogen-bond acceptors (Lipinski definition) is 1. The first-order valence-corrected chi connectivity index (χ1v) is 3.03. The summed E-state index contributed by atoms with van der Waals surface area (Å²) in [7, 11) is 0. The van der Waals surface area contributed by atoms with E-state index in [9.17, 15) is 0 Å². The first-order valence-electron chi connectivity index (χ1n) is 3.03. The number of rotatable bonds is 1. The normalized spacial score (nSPS) is 25.0. The van der Waals surface area contributed by atoms with Crippen molar-refractivity contribution in [2.75, 3.05) is 6.54 Å². The van der Waals surface area contributed by atoms with Crippen LogP contribution in [0.2, 0.25) is 0 Å².